The maximum atomic E-state index is 12.9. The standard InChI is InChI=1S/C21H23N3O4/c1-24(11-6-15-4-9-22-10-5-15)20(26)21(7-8-21)19(25)23-16-2-3-17-18(14-16)28-13-12-27-17/h2-5,9-10,14H,6-8,11-13H2,1H3,(H,23,25). The summed E-state index contributed by atoms with van der Waals surface area (Å²) in [6.45, 7) is 1.55. The average molecular weight is 381 g/mol. The fourth-order valence-electron chi connectivity index (χ4n) is 3.35. The molecule has 7 heteroatoms. The van der Waals surface area contributed by atoms with Crippen molar-refractivity contribution in [3.8, 4) is 11.5 Å². The van der Waals surface area contributed by atoms with Gasteiger partial charge in [0.25, 0.3) is 0 Å². The van der Waals surface area contributed by atoms with Gasteiger partial charge in [0, 0.05) is 37.7 Å². The number of ether oxygens (including phenoxy) is 2. The van der Waals surface area contributed by atoms with Gasteiger partial charge >= 0.3 is 0 Å². The monoisotopic (exact) mass is 381 g/mol. The maximum Gasteiger partial charge on any atom is 0.240 e. The Morgan fingerprint density at radius 3 is 2.54 bits per heavy atom. The number of nitrogens with zero attached hydrogens (tertiary/aromatic N) is 2. The zero-order valence-electron chi connectivity index (χ0n) is 15.8. The molecule has 1 aliphatic heterocycles. The van der Waals surface area contributed by atoms with E-state index < -0.39 is 5.41 Å². The van der Waals surface area contributed by atoms with E-state index in [0.717, 1.165) is 12.0 Å². The van der Waals surface area contributed by atoms with Crippen molar-refractivity contribution in [3.05, 3.63) is 48.3 Å². The molecular formula is C21H23N3O4. The van der Waals surface area contributed by atoms with E-state index in [2.05, 4.69) is 10.3 Å². The van der Waals surface area contributed by atoms with E-state index in [4.69, 9.17) is 9.47 Å². The predicted molar refractivity (Wildman–Crippen MR) is 103 cm³/mol. The number of fused-ring (bicyclic) bond motifs is 1. The summed E-state index contributed by atoms with van der Waals surface area (Å²) in [5, 5.41) is 2.87. The molecule has 1 aromatic heterocycles. The van der Waals surface area contributed by atoms with Gasteiger partial charge < -0.3 is 19.7 Å². The highest BCUT2D eigenvalue weighted by atomic mass is 16.6. The molecule has 1 saturated carbocycles. The number of carbonyl (C=O) groups excluding carboxylic acids is 2. The molecule has 1 aliphatic carbocycles. The molecule has 7 nitrogen and oxygen atoms in total. The number of likely N-dealkylation sites (N-methyl/N-ethyl adjacent to an activating group) is 1. The normalized spacial score (nSPS) is 16.2. The minimum Gasteiger partial charge on any atom is -0.486 e. The van der Waals surface area contributed by atoms with Crippen molar-refractivity contribution >= 4 is 17.5 Å². The number of pyridine rings is 1. The lowest BCUT2D eigenvalue weighted by Crippen LogP contribution is -2.41. The summed E-state index contributed by atoms with van der Waals surface area (Å²) in [7, 11) is 1.75. The summed E-state index contributed by atoms with van der Waals surface area (Å²) in [4.78, 5) is 31.4. The Morgan fingerprint density at radius 2 is 1.82 bits per heavy atom. The predicted octanol–water partition coefficient (Wildman–Crippen LogP) is 2.27. The molecule has 146 valence electrons. The highest BCUT2D eigenvalue weighted by molar-refractivity contribution is 6.13. The van der Waals surface area contributed by atoms with Crippen LogP contribution in [0.5, 0.6) is 11.5 Å². The van der Waals surface area contributed by atoms with Crippen LogP contribution in [0, 0.1) is 5.41 Å². The minimum atomic E-state index is -0.958. The molecule has 1 N–H and O–H groups in total. The number of hydrogen-bond donors (Lipinski definition) is 1. The number of anilines is 1. The second kappa shape index (κ2) is 7.50. The fraction of sp³-hybridized carbons (Fsp3) is 0.381. The Kier molecular flexibility index (Phi) is 4.90. The van der Waals surface area contributed by atoms with Gasteiger partial charge in [-0.05, 0) is 49.1 Å². The van der Waals surface area contributed by atoms with Crippen LogP contribution in [0.15, 0.2) is 42.7 Å². The first-order valence-electron chi connectivity index (χ1n) is 9.44. The Morgan fingerprint density at radius 1 is 1.11 bits per heavy atom. The van der Waals surface area contributed by atoms with Crippen LogP contribution in [0.25, 0.3) is 0 Å². The Labute approximate surface area is 163 Å². The Balaban J connectivity index is 1.38. The zero-order valence-corrected chi connectivity index (χ0v) is 15.8. The molecule has 0 spiro atoms. The summed E-state index contributed by atoms with van der Waals surface area (Å²) < 4.78 is 11.0. The van der Waals surface area contributed by atoms with Crippen molar-refractivity contribution < 1.29 is 19.1 Å². The highest BCUT2D eigenvalue weighted by Gasteiger charge is 2.57. The van der Waals surface area contributed by atoms with Crippen molar-refractivity contribution in [3.63, 3.8) is 0 Å². The maximum absolute atomic E-state index is 12.9. The average Bonchev–Trinajstić information content (AvgIpc) is 3.54. The molecule has 28 heavy (non-hydrogen) atoms. The number of benzene rings is 1. The molecule has 0 bridgehead atoms. The third-order valence-corrected chi connectivity index (χ3v) is 5.23. The van der Waals surface area contributed by atoms with Gasteiger partial charge in [-0.3, -0.25) is 14.6 Å². The number of hydrogen-bond acceptors (Lipinski definition) is 5. The highest BCUT2D eigenvalue weighted by Crippen LogP contribution is 2.48. The summed E-state index contributed by atoms with van der Waals surface area (Å²) in [6.07, 6.45) is 5.34. The van der Waals surface area contributed by atoms with Crippen LogP contribution in [0.2, 0.25) is 0 Å². The minimum absolute atomic E-state index is 0.128. The number of rotatable bonds is 6. The SMILES string of the molecule is CN(CCc1ccncc1)C(=O)C1(C(=O)Nc2ccc3c(c2)OCCO3)CC1. The second-order valence-electron chi connectivity index (χ2n) is 7.23. The van der Waals surface area contributed by atoms with E-state index in [0.29, 0.717) is 49.8 Å². The first kappa shape index (κ1) is 18.3. The molecule has 1 fully saturated rings. The first-order chi connectivity index (χ1) is 13.6. The number of nitrogens with one attached hydrogen (secondary N) is 1. The molecule has 0 radical (unpaired) electrons. The Bertz CT molecular complexity index is 880. The van der Waals surface area contributed by atoms with Crippen LogP contribution in [0.3, 0.4) is 0 Å². The molecule has 2 aromatic rings. The molecule has 2 aliphatic rings. The van der Waals surface area contributed by atoms with Gasteiger partial charge in [-0.25, -0.2) is 0 Å². The summed E-state index contributed by atoms with van der Waals surface area (Å²) in [5.41, 5.74) is 0.758. The van der Waals surface area contributed by atoms with Crippen molar-refractivity contribution in [1.29, 1.82) is 0 Å². The van der Waals surface area contributed by atoms with Crippen LogP contribution >= 0.6 is 0 Å². The quantitative estimate of drug-likeness (QED) is 0.777. The molecule has 2 amide bonds. The van der Waals surface area contributed by atoms with Crippen molar-refractivity contribution in [2.75, 3.05) is 32.1 Å². The topological polar surface area (TPSA) is 80.8 Å². The van der Waals surface area contributed by atoms with Crippen LogP contribution in [0.4, 0.5) is 5.69 Å². The molecule has 0 unspecified atom stereocenters. The third kappa shape index (κ3) is 3.65. The van der Waals surface area contributed by atoms with E-state index in [9.17, 15) is 9.59 Å². The lowest BCUT2D eigenvalue weighted by atomic mass is 10.0. The van der Waals surface area contributed by atoms with Gasteiger partial charge in [0.1, 0.15) is 18.6 Å². The molecule has 4 rings (SSSR count). The molecule has 0 saturated heterocycles. The number of aromatic nitrogens is 1. The van der Waals surface area contributed by atoms with Crippen LogP contribution in [0.1, 0.15) is 18.4 Å². The van der Waals surface area contributed by atoms with E-state index in [1.165, 1.54) is 0 Å². The lowest BCUT2D eigenvalue weighted by Gasteiger charge is -2.23. The fourth-order valence-corrected chi connectivity index (χ4v) is 3.35. The molecule has 0 atom stereocenters. The van der Waals surface area contributed by atoms with Crippen molar-refractivity contribution in [1.82, 2.24) is 9.88 Å². The van der Waals surface area contributed by atoms with E-state index >= 15 is 0 Å². The van der Waals surface area contributed by atoms with Crippen LogP contribution < -0.4 is 14.8 Å². The van der Waals surface area contributed by atoms with Gasteiger partial charge in [-0.2, -0.15) is 0 Å². The van der Waals surface area contributed by atoms with Gasteiger partial charge in [0.05, 0.1) is 0 Å². The van der Waals surface area contributed by atoms with Gasteiger partial charge in [0.2, 0.25) is 11.8 Å². The summed E-state index contributed by atoms with van der Waals surface area (Å²) in [6, 6.07) is 9.13. The number of amides is 2. The smallest absolute Gasteiger partial charge is 0.240 e. The van der Waals surface area contributed by atoms with Gasteiger partial charge in [-0.15, -0.1) is 0 Å². The van der Waals surface area contributed by atoms with Crippen LogP contribution in [-0.4, -0.2) is 48.5 Å². The van der Waals surface area contributed by atoms with E-state index in [-0.39, 0.29) is 11.8 Å². The second-order valence-corrected chi connectivity index (χ2v) is 7.23. The first-order valence-corrected chi connectivity index (χ1v) is 9.44. The van der Waals surface area contributed by atoms with Crippen molar-refractivity contribution in [2.45, 2.75) is 19.3 Å². The summed E-state index contributed by atoms with van der Waals surface area (Å²) in [5.74, 6) is 0.883. The summed E-state index contributed by atoms with van der Waals surface area (Å²) >= 11 is 0. The molecule has 2 heterocycles. The number of carbonyl (C=O) groups is 2. The Hall–Kier alpha value is -3.09. The molecule has 1 aromatic carbocycles. The van der Waals surface area contributed by atoms with Gasteiger partial charge in [0.15, 0.2) is 11.5 Å². The van der Waals surface area contributed by atoms with Gasteiger partial charge in [-0.1, -0.05) is 0 Å². The van der Waals surface area contributed by atoms with E-state index in [1.807, 2.05) is 12.1 Å². The molecular weight excluding hydrogens is 358 g/mol. The van der Waals surface area contributed by atoms with Crippen molar-refractivity contribution in [2.24, 2.45) is 5.41 Å². The van der Waals surface area contributed by atoms with Crippen LogP contribution in [-0.2, 0) is 16.0 Å². The largest absolute Gasteiger partial charge is 0.486 e. The lowest BCUT2D eigenvalue weighted by molar-refractivity contribution is -0.141. The third-order valence-electron chi connectivity index (χ3n) is 5.23. The zero-order chi connectivity index (χ0) is 19.6. The van der Waals surface area contributed by atoms with E-state index in [1.54, 1.807) is 42.5 Å².